The Morgan fingerprint density at radius 2 is 0.905 bits per heavy atom. The highest BCUT2D eigenvalue weighted by Gasteiger charge is 2.21. The van der Waals surface area contributed by atoms with E-state index in [1.807, 2.05) is 0 Å². The zero-order valence-corrected chi connectivity index (χ0v) is 27.5. The molecular formula is C38H66O4. The van der Waals surface area contributed by atoms with Gasteiger partial charge in [0, 0.05) is 6.42 Å². The van der Waals surface area contributed by atoms with Gasteiger partial charge in [-0.05, 0) is 64.2 Å². The van der Waals surface area contributed by atoms with Gasteiger partial charge in [0.25, 0.3) is 0 Å². The standard InChI is InChI=1S/C38H66O4/c1-3-5-7-9-11-13-15-17-18-19-20-21-22-23-25-27-29-31-33-35-37(39)42-36(38(40)41)34-32-30-28-26-24-16-14-12-10-8-6-4-2/h11,13,17-18,20-21,23,25,36H,3-10,12,14-16,19,22,24,26-35H2,1-2H3,(H,40,41)/b13-11-,18-17-,21-20-,25-23-. The second-order valence-corrected chi connectivity index (χ2v) is 11.7. The van der Waals surface area contributed by atoms with E-state index in [-0.39, 0.29) is 5.97 Å². The van der Waals surface area contributed by atoms with Crippen molar-refractivity contribution in [1.82, 2.24) is 0 Å². The minimum atomic E-state index is -1.02. The molecule has 0 amide bonds. The molecule has 0 bridgehead atoms. The first-order valence-corrected chi connectivity index (χ1v) is 17.6. The molecule has 0 heterocycles. The molecule has 242 valence electrons. The van der Waals surface area contributed by atoms with Crippen molar-refractivity contribution >= 4 is 11.9 Å². The number of hydrogen-bond donors (Lipinski definition) is 1. The molecule has 0 rings (SSSR count). The third-order valence-electron chi connectivity index (χ3n) is 7.58. The average Bonchev–Trinajstić information content (AvgIpc) is 2.98. The van der Waals surface area contributed by atoms with Crippen molar-refractivity contribution in [3.63, 3.8) is 0 Å². The Labute approximate surface area is 260 Å². The highest BCUT2D eigenvalue weighted by atomic mass is 16.6. The first kappa shape index (κ1) is 39.9. The minimum Gasteiger partial charge on any atom is -0.479 e. The lowest BCUT2D eigenvalue weighted by Crippen LogP contribution is -2.27. The number of aliphatic carboxylic acids is 1. The summed E-state index contributed by atoms with van der Waals surface area (Å²) in [4.78, 5) is 23.7. The Morgan fingerprint density at radius 1 is 0.524 bits per heavy atom. The van der Waals surface area contributed by atoms with E-state index < -0.39 is 12.1 Å². The topological polar surface area (TPSA) is 63.6 Å². The minimum absolute atomic E-state index is 0.302. The largest absolute Gasteiger partial charge is 0.479 e. The zero-order valence-electron chi connectivity index (χ0n) is 27.5. The third kappa shape index (κ3) is 30.8. The molecule has 1 unspecified atom stereocenters. The van der Waals surface area contributed by atoms with Gasteiger partial charge in [0.05, 0.1) is 0 Å². The number of ether oxygens (including phenoxy) is 1. The monoisotopic (exact) mass is 586 g/mol. The molecule has 1 N–H and O–H groups in total. The average molecular weight is 587 g/mol. The van der Waals surface area contributed by atoms with Crippen LogP contribution in [-0.4, -0.2) is 23.1 Å². The fraction of sp³-hybridized carbons (Fsp3) is 0.737. The normalized spacial score (nSPS) is 12.8. The molecule has 0 aliphatic heterocycles. The number of allylic oxidation sites excluding steroid dienone is 8. The van der Waals surface area contributed by atoms with Crippen LogP contribution in [0.25, 0.3) is 0 Å². The molecule has 0 saturated heterocycles. The van der Waals surface area contributed by atoms with Gasteiger partial charge in [-0.3, -0.25) is 4.79 Å². The van der Waals surface area contributed by atoms with Gasteiger partial charge in [0.1, 0.15) is 0 Å². The number of carboxylic acids is 1. The summed E-state index contributed by atoms with van der Waals surface area (Å²) in [7, 11) is 0. The summed E-state index contributed by atoms with van der Waals surface area (Å²) in [6.45, 7) is 4.49. The van der Waals surface area contributed by atoms with Gasteiger partial charge in [-0.15, -0.1) is 0 Å². The summed E-state index contributed by atoms with van der Waals surface area (Å²) in [5, 5.41) is 9.44. The van der Waals surface area contributed by atoms with E-state index in [4.69, 9.17) is 4.74 Å². The number of hydrogen-bond acceptors (Lipinski definition) is 3. The number of unbranched alkanes of at least 4 members (excludes halogenated alkanes) is 17. The highest BCUT2D eigenvalue weighted by Crippen LogP contribution is 2.15. The molecule has 4 nitrogen and oxygen atoms in total. The third-order valence-corrected chi connectivity index (χ3v) is 7.58. The lowest BCUT2D eigenvalue weighted by Gasteiger charge is -2.13. The van der Waals surface area contributed by atoms with E-state index in [9.17, 15) is 14.7 Å². The number of carbonyl (C=O) groups excluding carboxylic acids is 1. The zero-order chi connectivity index (χ0) is 30.8. The lowest BCUT2D eigenvalue weighted by molar-refractivity contribution is -0.164. The summed E-state index contributed by atoms with van der Waals surface area (Å²) in [6, 6.07) is 0. The van der Waals surface area contributed by atoms with Gasteiger partial charge in [-0.2, -0.15) is 0 Å². The molecule has 42 heavy (non-hydrogen) atoms. The second-order valence-electron chi connectivity index (χ2n) is 11.7. The van der Waals surface area contributed by atoms with Crippen molar-refractivity contribution in [2.45, 2.75) is 180 Å². The van der Waals surface area contributed by atoms with Gasteiger partial charge in [-0.25, -0.2) is 4.79 Å². The number of carbonyl (C=O) groups is 2. The molecule has 0 aromatic rings. The van der Waals surface area contributed by atoms with Crippen LogP contribution in [0.3, 0.4) is 0 Å². The summed E-state index contributed by atoms with van der Waals surface area (Å²) in [6.07, 6.45) is 44.2. The molecule has 0 aromatic carbocycles. The fourth-order valence-electron chi connectivity index (χ4n) is 4.89. The summed E-state index contributed by atoms with van der Waals surface area (Å²) in [5.74, 6) is -1.40. The van der Waals surface area contributed by atoms with Crippen LogP contribution in [0, 0.1) is 0 Å². The maximum atomic E-state index is 12.1. The maximum Gasteiger partial charge on any atom is 0.345 e. The maximum absolute atomic E-state index is 12.1. The van der Waals surface area contributed by atoms with E-state index >= 15 is 0 Å². The molecule has 4 heteroatoms. The van der Waals surface area contributed by atoms with E-state index in [1.54, 1.807) is 0 Å². The first-order chi connectivity index (χ1) is 20.6. The Bertz CT molecular complexity index is 719. The van der Waals surface area contributed by atoms with Crippen LogP contribution in [0.15, 0.2) is 48.6 Å². The van der Waals surface area contributed by atoms with E-state index in [0.717, 1.165) is 64.2 Å². The van der Waals surface area contributed by atoms with Gasteiger partial charge in [0.15, 0.2) is 6.10 Å². The Balaban J connectivity index is 3.69. The summed E-state index contributed by atoms with van der Waals surface area (Å²) >= 11 is 0. The number of carboxylic acid groups (broad SMARTS) is 1. The molecule has 0 saturated carbocycles. The Hall–Kier alpha value is -2.10. The van der Waals surface area contributed by atoms with E-state index in [1.165, 1.54) is 83.5 Å². The van der Waals surface area contributed by atoms with E-state index in [2.05, 4.69) is 62.5 Å². The molecule has 0 aliphatic carbocycles. The summed E-state index contributed by atoms with van der Waals surface area (Å²) < 4.78 is 5.28. The van der Waals surface area contributed by atoms with Crippen molar-refractivity contribution in [1.29, 1.82) is 0 Å². The van der Waals surface area contributed by atoms with Crippen LogP contribution in [0.2, 0.25) is 0 Å². The molecule has 0 aliphatic rings. The number of esters is 1. The quantitative estimate of drug-likeness (QED) is 0.0498. The van der Waals surface area contributed by atoms with Crippen molar-refractivity contribution < 1.29 is 19.4 Å². The van der Waals surface area contributed by atoms with Crippen LogP contribution in [-0.2, 0) is 14.3 Å². The SMILES string of the molecule is CCCCC/C=C\C/C=C\C/C=C\C/C=C\CCCCCC(=O)OC(CCCCCCCCCCCCCC)C(=O)O. The molecule has 0 aromatic heterocycles. The van der Waals surface area contributed by atoms with Crippen LogP contribution in [0.4, 0.5) is 0 Å². The van der Waals surface area contributed by atoms with Crippen molar-refractivity contribution in [3.8, 4) is 0 Å². The van der Waals surface area contributed by atoms with Gasteiger partial charge < -0.3 is 9.84 Å². The van der Waals surface area contributed by atoms with Crippen LogP contribution in [0.5, 0.6) is 0 Å². The Morgan fingerprint density at radius 3 is 1.38 bits per heavy atom. The number of rotatable bonds is 31. The van der Waals surface area contributed by atoms with Gasteiger partial charge >= 0.3 is 11.9 Å². The predicted molar refractivity (Wildman–Crippen MR) is 181 cm³/mol. The molecule has 1 atom stereocenters. The molecule has 0 radical (unpaired) electrons. The van der Waals surface area contributed by atoms with Crippen LogP contribution in [0.1, 0.15) is 174 Å². The molecule has 0 fully saturated rings. The van der Waals surface area contributed by atoms with Crippen molar-refractivity contribution in [3.05, 3.63) is 48.6 Å². The fourth-order valence-corrected chi connectivity index (χ4v) is 4.89. The van der Waals surface area contributed by atoms with Gasteiger partial charge in [0.2, 0.25) is 0 Å². The molecular weight excluding hydrogens is 520 g/mol. The van der Waals surface area contributed by atoms with E-state index in [0.29, 0.717) is 12.8 Å². The second kappa shape index (κ2) is 33.4. The van der Waals surface area contributed by atoms with Crippen LogP contribution >= 0.6 is 0 Å². The smallest absolute Gasteiger partial charge is 0.345 e. The Kier molecular flexibility index (Phi) is 31.7. The van der Waals surface area contributed by atoms with Gasteiger partial charge in [-0.1, -0.05) is 152 Å². The highest BCUT2D eigenvalue weighted by molar-refractivity contribution is 5.77. The van der Waals surface area contributed by atoms with Crippen molar-refractivity contribution in [2.24, 2.45) is 0 Å². The van der Waals surface area contributed by atoms with Crippen LogP contribution < -0.4 is 0 Å². The van der Waals surface area contributed by atoms with Crippen molar-refractivity contribution in [2.75, 3.05) is 0 Å². The molecule has 0 spiro atoms. The first-order valence-electron chi connectivity index (χ1n) is 17.6. The summed E-state index contributed by atoms with van der Waals surface area (Å²) in [5.41, 5.74) is 0. The predicted octanol–water partition coefficient (Wildman–Crippen LogP) is 12.0. The lowest BCUT2D eigenvalue weighted by atomic mass is 10.0.